The van der Waals surface area contributed by atoms with Crippen molar-refractivity contribution < 1.29 is 19.1 Å². The number of carbonyl (C=O) groups excluding carboxylic acids is 2. The van der Waals surface area contributed by atoms with Gasteiger partial charge in [0.2, 0.25) is 0 Å². The molecule has 0 amide bonds. The molecule has 3 rings (SSSR count). The van der Waals surface area contributed by atoms with Crippen LogP contribution in [-0.4, -0.2) is 40.6 Å². The number of hydrogen-bond donors (Lipinski definition) is 1. The van der Waals surface area contributed by atoms with E-state index in [0.717, 1.165) is 5.56 Å². The van der Waals surface area contributed by atoms with Crippen LogP contribution in [0.15, 0.2) is 48.7 Å². The van der Waals surface area contributed by atoms with Crippen LogP contribution in [0, 0.1) is 0 Å². The van der Waals surface area contributed by atoms with Gasteiger partial charge in [-0.3, -0.25) is 0 Å². The number of nitrogens with two attached hydrogens (primary N) is 1. The van der Waals surface area contributed by atoms with Gasteiger partial charge >= 0.3 is 11.9 Å². The highest BCUT2D eigenvalue weighted by atomic mass is 16.5. The number of anilines is 1. The molecular weight excluding hydrogens is 348 g/mol. The van der Waals surface area contributed by atoms with Crippen molar-refractivity contribution in [1.29, 1.82) is 0 Å². The van der Waals surface area contributed by atoms with Crippen molar-refractivity contribution in [2.24, 2.45) is 0 Å². The molecule has 1 heterocycles. The molecule has 0 unspecified atom stereocenters. The Morgan fingerprint density at radius 1 is 1.07 bits per heavy atom. The zero-order valence-corrected chi connectivity index (χ0v) is 14.9. The minimum Gasteiger partial charge on any atom is -0.465 e. The number of carbonyl (C=O) groups is 2. The number of hydrogen-bond acceptors (Lipinski definition) is 7. The Morgan fingerprint density at radius 2 is 1.81 bits per heavy atom. The predicted molar refractivity (Wildman–Crippen MR) is 98.5 cm³/mol. The van der Waals surface area contributed by atoms with Crippen LogP contribution < -0.4 is 5.73 Å². The highest BCUT2D eigenvalue weighted by molar-refractivity contribution is 5.91. The van der Waals surface area contributed by atoms with Crippen LogP contribution in [-0.2, 0) is 9.47 Å². The van der Waals surface area contributed by atoms with Crippen LogP contribution in [0.1, 0.15) is 27.6 Å². The molecule has 2 N–H and O–H groups in total. The van der Waals surface area contributed by atoms with Gasteiger partial charge in [-0.25, -0.2) is 14.3 Å². The second-order valence-electron chi connectivity index (χ2n) is 5.65. The normalized spacial score (nSPS) is 10.4. The number of methoxy groups -OCH3 is 1. The maximum atomic E-state index is 11.7. The molecule has 0 radical (unpaired) electrons. The number of nitrogen functional groups attached to an aromatic ring is 1. The van der Waals surface area contributed by atoms with Crippen molar-refractivity contribution in [3.8, 4) is 16.9 Å². The van der Waals surface area contributed by atoms with Crippen molar-refractivity contribution in [2.75, 3.05) is 19.5 Å². The summed E-state index contributed by atoms with van der Waals surface area (Å²) in [5, 5.41) is 8.22. The summed E-state index contributed by atoms with van der Waals surface area (Å²) in [6.07, 6.45) is 1.70. The minimum absolute atomic E-state index is 0.322. The highest BCUT2D eigenvalue weighted by Gasteiger charge is 2.12. The van der Waals surface area contributed by atoms with Crippen molar-refractivity contribution in [2.45, 2.75) is 6.92 Å². The van der Waals surface area contributed by atoms with E-state index in [-0.39, 0.29) is 5.97 Å². The second kappa shape index (κ2) is 7.69. The summed E-state index contributed by atoms with van der Waals surface area (Å²) in [5.41, 5.74) is 9.03. The molecule has 8 nitrogen and oxygen atoms in total. The van der Waals surface area contributed by atoms with Gasteiger partial charge in [-0.05, 0) is 37.3 Å². The Labute approximate surface area is 155 Å². The lowest BCUT2D eigenvalue weighted by atomic mass is 10.1. The van der Waals surface area contributed by atoms with Crippen molar-refractivity contribution in [1.82, 2.24) is 15.0 Å². The Balaban J connectivity index is 1.88. The average molecular weight is 366 g/mol. The smallest absolute Gasteiger partial charge is 0.338 e. The van der Waals surface area contributed by atoms with E-state index in [0.29, 0.717) is 34.8 Å². The number of nitrogens with zero attached hydrogens (tertiary/aromatic N) is 3. The van der Waals surface area contributed by atoms with E-state index >= 15 is 0 Å². The summed E-state index contributed by atoms with van der Waals surface area (Å²) >= 11 is 0. The molecule has 0 aliphatic rings. The molecule has 0 aliphatic heterocycles. The molecule has 1 aromatic heterocycles. The first-order valence-electron chi connectivity index (χ1n) is 8.21. The molecule has 0 bridgehead atoms. The fourth-order valence-corrected chi connectivity index (χ4v) is 2.52. The summed E-state index contributed by atoms with van der Waals surface area (Å²) in [4.78, 5) is 23.5. The topological polar surface area (TPSA) is 109 Å². The molecule has 0 saturated heterocycles. The van der Waals surface area contributed by atoms with Gasteiger partial charge in [0, 0.05) is 11.3 Å². The molecule has 0 fully saturated rings. The summed E-state index contributed by atoms with van der Waals surface area (Å²) in [6, 6.07) is 11.7. The van der Waals surface area contributed by atoms with Gasteiger partial charge in [-0.1, -0.05) is 17.3 Å². The summed E-state index contributed by atoms with van der Waals surface area (Å²) in [7, 11) is 1.30. The number of aromatic nitrogens is 3. The number of benzene rings is 2. The molecule has 0 atom stereocenters. The molecular formula is C19H18N4O4. The quantitative estimate of drug-likeness (QED) is 0.546. The third-order valence-corrected chi connectivity index (χ3v) is 3.81. The second-order valence-corrected chi connectivity index (χ2v) is 5.65. The van der Waals surface area contributed by atoms with Gasteiger partial charge in [0.05, 0.1) is 36.7 Å². The third-order valence-electron chi connectivity index (χ3n) is 3.81. The lowest BCUT2D eigenvalue weighted by Crippen LogP contribution is -2.05. The summed E-state index contributed by atoms with van der Waals surface area (Å²) in [6.45, 7) is 2.08. The van der Waals surface area contributed by atoms with E-state index in [1.165, 1.54) is 17.9 Å². The average Bonchev–Trinajstić information content (AvgIpc) is 3.17. The van der Waals surface area contributed by atoms with Gasteiger partial charge in [0.25, 0.3) is 0 Å². The van der Waals surface area contributed by atoms with E-state index < -0.39 is 5.97 Å². The Kier molecular flexibility index (Phi) is 5.16. The first-order chi connectivity index (χ1) is 13.0. The first-order valence-corrected chi connectivity index (χ1v) is 8.21. The van der Waals surface area contributed by atoms with E-state index in [1.807, 2.05) is 0 Å². The molecule has 0 spiro atoms. The van der Waals surface area contributed by atoms with Crippen LogP contribution in [0.4, 0.5) is 5.69 Å². The largest absolute Gasteiger partial charge is 0.465 e. The summed E-state index contributed by atoms with van der Waals surface area (Å²) in [5.74, 6) is -0.860. The Bertz CT molecular complexity index is 980. The lowest BCUT2D eigenvalue weighted by molar-refractivity contribution is 0.0525. The zero-order valence-electron chi connectivity index (χ0n) is 14.9. The van der Waals surface area contributed by atoms with Crippen LogP contribution in [0.25, 0.3) is 16.9 Å². The third kappa shape index (κ3) is 3.95. The maximum absolute atomic E-state index is 11.7. The standard InChI is InChI=1S/C19H18N4O4/c1-3-27-19(25)13-6-4-12(5-7-13)17-11-23(22-21-17)16-9-14(18(24)26-2)8-15(20)10-16/h4-11H,3,20H2,1-2H3. The first kappa shape index (κ1) is 18.1. The highest BCUT2D eigenvalue weighted by Crippen LogP contribution is 2.21. The molecule has 27 heavy (non-hydrogen) atoms. The molecule has 138 valence electrons. The van der Waals surface area contributed by atoms with Gasteiger partial charge in [-0.2, -0.15) is 0 Å². The zero-order chi connectivity index (χ0) is 19.4. The van der Waals surface area contributed by atoms with Crippen LogP contribution >= 0.6 is 0 Å². The van der Waals surface area contributed by atoms with Gasteiger partial charge < -0.3 is 15.2 Å². The van der Waals surface area contributed by atoms with Gasteiger partial charge in [0.1, 0.15) is 5.69 Å². The van der Waals surface area contributed by atoms with E-state index in [4.69, 9.17) is 15.2 Å². The molecule has 2 aromatic carbocycles. The van der Waals surface area contributed by atoms with Crippen molar-refractivity contribution in [3.63, 3.8) is 0 Å². The van der Waals surface area contributed by atoms with Gasteiger partial charge in [-0.15, -0.1) is 5.10 Å². The Morgan fingerprint density at radius 3 is 2.48 bits per heavy atom. The van der Waals surface area contributed by atoms with Crippen LogP contribution in [0.5, 0.6) is 0 Å². The van der Waals surface area contributed by atoms with Crippen molar-refractivity contribution >= 4 is 17.6 Å². The molecule has 0 aliphatic carbocycles. The Hall–Kier alpha value is -3.68. The monoisotopic (exact) mass is 366 g/mol. The SMILES string of the molecule is CCOC(=O)c1ccc(-c2cn(-c3cc(N)cc(C(=O)OC)c3)nn2)cc1. The maximum Gasteiger partial charge on any atom is 0.338 e. The van der Waals surface area contributed by atoms with E-state index in [1.54, 1.807) is 49.5 Å². The fourth-order valence-electron chi connectivity index (χ4n) is 2.52. The molecule has 8 heteroatoms. The fraction of sp³-hybridized carbons (Fsp3) is 0.158. The van der Waals surface area contributed by atoms with Crippen LogP contribution in [0.3, 0.4) is 0 Å². The number of rotatable bonds is 5. The van der Waals surface area contributed by atoms with Gasteiger partial charge in [0.15, 0.2) is 0 Å². The number of esters is 2. The number of ether oxygens (including phenoxy) is 2. The molecule has 0 saturated carbocycles. The van der Waals surface area contributed by atoms with Crippen LogP contribution in [0.2, 0.25) is 0 Å². The summed E-state index contributed by atoms with van der Waals surface area (Å²) < 4.78 is 11.2. The van der Waals surface area contributed by atoms with Crippen molar-refractivity contribution in [3.05, 3.63) is 59.8 Å². The lowest BCUT2D eigenvalue weighted by Gasteiger charge is -2.05. The van der Waals surface area contributed by atoms with E-state index in [2.05, 4.69) is 10.3 Å². The predicted octanol–water partition coefficient (Wildman–Crippen LogP) is 2.48. The van der Waals surface area contributed by atoms with E-state index in [9.17, 15) is 9.59 Å². The minimum atomic E-state index is -0.488. The molecule has 3 aromatic rings.